The number of sulfonamides is 1. The Hall–Kier alpha value is -2.96. The molecule has 0 fully saturated rings. The number of hydrogen-bond donors (Lipinski definition) is 1. The summed E-state index contributed by atoms with van der Waals surface area (Å²) in [5.74, 6) is -0.0604. The first kappa shape index (κ1) is 22.2. The Bertz CT molecular complexity index is 1180. The van der Waals surface area contributed by atoms with Crippen LogP contribution in [0.25, 0.3) is 0 Å². The van der Waals surface area contributed by atoms with Crippen LogP contribution in [0.5, 0.6) is 0 Å². The summed E-state index contributed by atoms with van der Waals surface area (Å²) in [5, 5.41) is 0. The van der Waals surface area contributed by atoms with Gasteiger partial charge in [0, 0.05) is 23.8 Å². The van der Waals surface area contributed by atoms with Crippen molar-refractivity contribution in [3.8, 4) is 0 Å². The number of amides is 1. The molecule has 32 heavy (non-hydrogen) atoms. The van der Waals surface area contributed by atoms with Gasteiger partial charge in [0.15, 0.2) is 0 Å². The van der Waals surface area contributed by atoms with Gasteiger partial charge in [-0.25, -0.2) is 13.1 Å². The number of nitrogens with zero attached hydrogens (tertiary/aromatic N) is 1. The average molecular weight is 449 g/mol. The summed E-state index contributed by atoms with van der Waals surface area (Å²) in [4.78, 5) is 15.0. The van der Waals surface area contributed by atoms with Crippen molar-refractivity contribution in [1.29, 1.82) is 0 Å². The van der Waals surface area contributed by atoms with E-state index in [0.29, 0.717) is 18.5 Å². The third-order valence-corrected chi connectivity index (χ3v) is 7.40. The summed E-state index contributed by atoms with van der Waals surface area (Å²) in [6.45, 7) is 2.51. The van der Waals surface area contributed by atoms with Gasteiger partial charge in [0.1, 0.15) is 0 Å². The second-order valence-corrected chi connectivity index (χ2v) is 9.98. The zero-order valence-electron chi connectivity index (χ0n) is 18.2. The highest BCUT2D eigenvalue weighted by atomic mass is 32.2. The standard InChI is InChI=1S/C26H28N2O3S/c1-20(14-15-21-9-4-2-5-10-21)27-32(30,31)24-16-17-25-23(19-24)13-8-18-28(25)26(29)22-11-6-3-7-12-22/h2-7,9-12,16-17,19-20,27H,8,13-15,18H2,1H3. The Morgan fingerprint density at radius 2 is 1.69 bits per heavy atom. The zero-order chi connectivity index (χ0) is 22.6. The molecule has 6 heteroatoms. The topological polar surface area (TPSA) is 66.5 Å². The molecule has 1 heterocycles. The van der Waals surface area contributed by atoms with E-state index in [0.717, 1.165) is 30.5 Å². The SMILES string of the molecule is CC(CCc1ccccc1)NS(=O)(=O)c1ccc2c(c1)CCCN2C(=O)c1ccccc1. The molecule has 5 nitrogen and oxygen atoms in total. The van der Waals surface area contributed by atoms with Gasteiger partial charge >= 0.3 is 0 Å². The minimum Gasteiger partial charge on any atom is -0.308 e. The fourth-order valence-corrected chi connectivity index (χ4v) is 5.44. The number of aryl methyl sites for hydroxylation is 2. The quantitative estimate of drug-likeness (QED) is 0.575. The van der Waals surface area contributed by atoms with E-state index in [1.165, 1.54) is 5.56 Å². The first-order chi connectivity index (χ1) is 15.4. The van der Waals surface area contributed by atoms with E-state index in [1.807, 2.05) is 55.5 Å². The van der Waals surface area contributed by atoms with Gasteiger partial charge in [-0.3, -0.25) is 4.79 Å². The summed E-state index contributed by atoms with van der Waals surface area (Å²) in [6, 6.07) is 24.1. The highest BCUT2D eigenvalue weighted by Crippen LogP contribution is 2.30. The van der Waals surface area contributed by atoms with Crippen LogP contribution in [0.15, 0.2) is 83.8 Å². The van der Waals surface area contributed by atoms with Crippen molar-refractivity contribution in [3.63, 3.8) is 0 Å². The lowest BCUT2D eigenvalue weighted by Gasteiger charge is -2.30. The smallest absolute Gasteiger partial charge is 0.258 e. The Morgan fingerprint density at radius 3 is 2.41 bits per heavy atom. The number of fused-ring (bicyclic) bond motifs is 1. The average Bonchev–Trinajstić information content (AvgIpc) is 2.82. The van der Waals surface area contributed by atoms with Gasteiger partial charge in [-0.2, -0.15) is 0 Å². The van der Waals surface area contributed by atoms with Crippen molar-refractivity contribution in [2.24, 2.45) is 0 Å². The fourth-order valence-electron chi connectivity index (χ4n) is 4.11. The van der Waals surface area contributed by atoms with Gasteiger partial charge in [-0.1, -0.05) is 48.5 Å². The van der Waals surface area contributed by atoms with E-state index >= 15 is 0 Å². The van der Waals surface area contributed by atoms with Crippen LogP contribution in [0.2, 0.25) is 0 Å². The Morgan fingerprint density at radius 1 is 1.00 bits per heavy atom. The van der Waals surface area contributed by atoms with Crippen LogP contribution in [0.1, 0.15) is 41.3 Å². The fraction of sp³-hybridized carbons (Fsp3) is 0.269. The molecule has 0 saturated carbocycles. The lowest BCUT2D eigenvalue weighted by atomic mass is 10.0. The van der Waals surface area contributed by atoms with Crippen LogP contribution in [-0.2, 0) is 22.9 Å². The van der Waals surface area contributed by atoms with Crippen LogP contribution in [0.3, 0.4) is 0 Å². The maximum atomic E-state index is 13.0. The van der Waals surface area contributed by atoms with Crippen LogP contribution in [0, 0.1) is 0 Å². The third-order valence-electron chi connectivity index (χ3n) is 5.81. The maximum absolute atomic E-state index is 13.0. The minimum absolute atomic E-state index is 0.0604. The number of rotatable bonds is 7. The lowest BCUT2D eigenvalue weighted by Crippen LogP contribution is -2.36. The summed E-state index contributed by atoms with van der Waals surface area (Å²) in [7, 11) is -3.64. The van der Waals surface area contributed by atoms with E-state index in [4.69, 9.17) is 0 Å². The van der Waals surface area contributed by atoms with Crippen LogP contribution in [0.4, 0.5) is 5.69 Å². The second kappa shape index (κ2) is 9.67. The van der Waals surface area contributed by atoms with Crippen molar-refractivity contribution >= 4 is 21.6 Å². The van der Waals surface area contributed by atoms with Gasteiger partial charge < -0.3 is 4.90 Å². The van der Waals surface area contributed by atoms with Gasteiger partial charge in [0.2, 0.25) is 10.0 Å². The van der Waals surface area contributed by atoms with Gasteiger partial charge in [0.25, 0.3) is 5.91 Å². The Balaban J connectivity index is 1.48. The third kappa shape index (κ3) is 5.09. The summed E-state index contributed by atoms with van der Waals surface area (Å²) in [5.41, 5.74) is 3.50. The molecular weight excluding hydrogens is 420 g/mol. The van der Waals surface area contributed by atoms with E-state index in [2.05, 4.69) is 4.72 Å². The summed E-state index contributed by atoms with van der Waals surface area (Å²) >= 11 is 0. The van der Waals surface area contributed by atoms with Crippen molar-refractivity contribution in [2.75, 3.05) is 11.4 Å². The summed E-state index contributed by atoms with van der Waals surface area (Å²) in [6.07, 6.45) is 3.08. The van der Waals surface area contributed by atoms with E-state index in [9.17, 15) is 13.2 Å². The van der Waals surface area contributed by atoms with E-state index < -0.39 is 10.0 Å². The molecule has 1 aliphatic heterocycles. The number of hydrogen-bond acceptors (Lipinski definition) is 3. The predicted octanol–water partition coefficient (Wildman–Crippen LogP) is 4.58. The molecule has 0 spiro atoms. The molecule has 1 atom stereocenters. The minimum atomic E-state index is -3.64. The zero-order valence-corrected chi connectivity index (χ0v) is 19.0. The molecule has 0 aromatic heterocycles. The Labute approximate surface area is 190 Å². The van der Waals surface area contributed by atoms with Crippen molar-refractivity contribution < 1.29 is 13.2 Å². The molecule has 4 rings (SSSR count). The van der Waals surface area contributed by atoms with Crippen molar-refractivity contribution in [1.82, 2.24) is 4.72 Å². The highest BCUT2D eigenvalue weighted by Gasteiger charge is 2.26. The molecule has 0 radical (unpaired) electrons. The van der Waals surface area contributed by atoms with Crippen LogP contribution in [-0.4, -0.2) is 26.9 Å². The molecule has 1 unspecified atom stereocenters. The monoisotopic (exact) mass is 448 g/mol. The number of benzene rings is 3. The molecular formula is C26H28N2O3S. The van der Waals surface area contributed by atoms with Crippen LogP contribution < -0.4 is 9.62 Å². The number of nitrogens with one attached hydrogen (secondary N) is 1. The maximum Gasteiger partial charge on any atom is 0.258 e. The Kier molecular flexibility index (Phi) is 6.72. The first-order valence-corrected chi connectivity index (χ1v) is 12.5. The van der Waals surface area contributed by atoms with Gasteiger partial charge in [-0.05, 0) is 74.1 Å². The normalized spacial score (nSPS) is 14.6. The number of carbonyl (C=O) groups is 1. The molecule has 3 aromatic carbocycles. The van der Waals surface area contributed by atoms with Crippen LogP contribution >= 0.6 is 0 Å². The molecule has 1 N–H and O–H groups in total. The first-order valence-electron chi connectivity index (χ1n) is 11.0. The van der Waals surface area contributed by atoms with Crippen molar-refractivity contribution in [2.45, 2.75) is 43.5 Å². The molecule has 0 aliphatic carbocycles. The highest BCUT2D eigenvalue weighted by molar-refractivity contribution is 7.89. The molecule has 0 saturated heterocycles. The molecule has 3 aromatic rings. The number of anilines is 1. The van der Waals surface area contributed by atoms with E-state index in [1.54, 1.807) is 35.2 Å². The molecule has 1 aliphatic rings. The predicted molar refractivity (Wildman–Crippen MR) is 127 cm³/mol. The summed E-state index contributed by atoms with van der Waals surface area (Å²) < 4.78 is 28.8. The van der Waals surface area contributed by atoms with E-state index in [-0.39, 0.29) is 16.8 Å². The molecule has 166 valence electrons. The van der Waals surface area contributed by atoms with Crippen molar-refractivity contribution in [3.05, 3.63) is 95.6 Å². The van der Waals surface area contributed by atoms with Gasteiger partial charge in [-0.15, -0.1) is 0 Å². The largest absolute Gasteiger partial charge is 0.308 e. The molecule has 1 amide bonds. The van der Waals surface area contributed by atoms with Gasteiger partial charge in [0.05, 0.1) is 4.90 Å². The lowest BCUT2D eigenvalue weighted by molar-refractivity contribution is 0.0985. The molecule has 0 bridgehead atoms. The second-order valence-electron chi connectivity index (χ2n) is 8.26. The number of carbonyl (C=O) groups excluding carboxylic acids is 1.